The second-order valence-corrected chi connectivity index (χ2v) is 4.75. The molecule has 0 radical (unpaired) electrons. The topological polar surface area (TPSA) is 59.2 Å². The van der Waals surface area contributed by atoms with Gasteiger partial charge in [0, 0.05) is 19.3 Å². The summed E-state index contributed by atoms with van der Waals surface area (Å²) >= 11 is 5.70. The van der Waals surface area contributed by atoms with E-state index in [0.717, 1.165) is 25.9 Å². The van der Waals surface area contributed by atoms with E-state index in [1.807, 2.05) is 4.90 Å². The Balaban J connectivity index is 2.06. The highest BCUT2D eigenvalue weighted by Crippen LogP contribution is 2.17. The number of hydrogen-bond acceptors (Lipinski definition) is 3. The van der Waals surface area contributed by atoms with Crippen LogP contribution in [-0.2, 0) is 0 Å². The lowest BCUT2D eigenvalue weighted by atomic mass is 9.98. The summed E-state index contributed by atoms with van der Waals surface area (Å²) in [6.45, 7) is 2.19. The van der Waals surface area contributed by atoms with Crippen molar-refractivity contribution in [3.63, 3.8) is 0 Å². The summed E-state index contributed by atoms with van der Waals surface area (Å²) < 4.78 is 0. The van der Waals surface area contributed by atoms with Gasteiger partial charge in [-0.25, -0.2) is 4.98 Å². The van der Waals surface area contributed by atoms with Gasteiger partial charge in [-0.05, 0) is 37.4 Å². The van der Waals surface area contributed by atoms with Gasteiger partial charge in [0.05, 0.1) is 5.56 Å². The smallest absolute Gasteiger partial charge is 0.255 e. The van der Waals surface area contributed by atoms with Crippen molar-refractivity contribution in [3.05, 3.63) is 29.0 Å². The van der Waals surface area contributed by atoms with Crippen LogP contribution < -0.4 is 5.73 Å². The van der Waals surface area contributed by atoms with Crippen molar-refractivity contribution in [2.45, 2.75) is 12.8 Å². The summed E-state index contributed by atoms with van der Waals surface area (Å²) in [7, 11) is 0. The van der Waals surface area contributed by atoms with Crippen molar-refractivity contribution in [1.29, 1.82) is 0 Å². The van der Waals surface area contributed by atoms with Crippen LogP contribution in [0.2, 0.25) is 5.15 Å². The zero-order chi connectivity index (χ0) is 12.3. The first-order chi connectivity index (χ1) is 8.20. The third kappa shape index (κ3) is 2.96. The molecule has 1 amide bonds. The Morgan fingerprint density at radius 2 is 2.41 bits per heavy atom. The average Bonchev–Trinajstić information content (AvgIpc) is 2.39. The van der Waals surface area contributed by atoms with Gasteiger partial charge >= 0.3 is 0 Å². The Hall–Kier alpha value is -1.13. The Kier molecular flexibility index (Phi) is 3.97. The monoisotopic (exact) mass is 253 g/mol. The number of hydrogen-bond donors (Lipinski definition) is 1. The number of halogens is 1. The summed E-state index contributed by atoms with van der Waals surface area (Å²) in [4.78, 5) is 18.0. The molecule has 0 saturated carbocycles. The number of likely N-dealkylation sites (tertiary alicyclic amines) is 1. The lowest BCUT2D eigenvalue weighted by Crippen LogP contribution is -2.42. The molecule has 0 aliphatic carbocycles. The van der Waals surface area contributed by atoms with E-state index in [0.29, 0.717) is 23.2 Å². The number of rotatable bonds is 2. The second kappa shape index (κ2) is 5.47. The zero-order valence-electron chi connectivity index (χ0n) is 9.60. The van der Waals surface area contributed by atoms with Crippen molar-refractivity contribution >= 4 is 17.5 Å². The molecular weight excluding hydrogens is 238 g/mol. The van der Waals surface area contributed by atoms with Crippen LogP contribution >= 0.6 is 11.6 Å². The van der Waals surface area contributed by atoms with Crippen molar-refractivity contribution in [3.8, 4) is 0 Å². The number of amides is 1. The SMILES string of the molecule is NC[C@@H]1CCCN(C(=O)c2ccc(Cl)nc2)C1. The lowest BCUT2D eigenvalue weighted by molar-refractivity contribution is 0.0678. The van der Waals surface area contributed by atoms with Gasteiger partial charge in [-0.1, -0.05) is 11.6 Å². The molecule has 4 nitrogen and oxygen atoms in total. The molecule has 2 heterocycles. The molecule has 0 spiro atoms. The molecule has 1 aromatic rings. The van der Waals surface area contributed by atoms with E-state index in [2.05, 4.69) is 4.98 Å². The van der Waals surface area contributed by atoms with E-state index in [1.165, 1.54) is 6.20 Å². The van der Waals surface area contributed by atoms with Gasteiger partial charge < -0.3 is 10.6 Å². The van der Waals surface area contributed by atoms with Crippen LogP contribution in [0.25, 0.3) is 0 Å². The van der Waals surface area contributed by atoms with Crippen LogP contribution in [-0.4, -0.2) is 35.4 Å². The third-order valence-corrected chi connectivity index (χ3v) is 3.34. The van der Waals surface area contributed by atoms with E-state index >= 15 is 0 Å². The quantitative estimate of drug-likeness (QED) is 0.814. The minimum Gasteiger partial charge on any atom is -0.338 e. The molecular formula is C12H16ClN3O. The molecule has 1 aliphatic heterocycles. The molecule has 92 valence electrons. The number of pyridine rings is 1. The average molecular weight is 254 g/mol. The summed E-state index contributed by atoms with van der Waals surface area (Å²) in [5.41, 5.74) is 6.25. The molecule has 1 aromatic heterocycles. The van der Waals surface area contributed by atoms with Gasteiger partial charge in [-0.2, -0.15) is 0 Å². The van der Waals surface area contributed by atoms with Gasteiger partial charge in [0.2, 0.25) is 0 Å². The van der Waals surface area contributed by atoms with Crippen molar-refractivity contribution < 1.29 is 4.79 Å². The maximum Gasteiger partial charge on any atom is 0.255 e. The predicted octanol–water partition coefficient (Wildman–Crippen LogP) is 1.55. The Morgan fingerprint density at radius 1 is 1.59 bits per heavy atom. The van der Waals surface area contributed by atoms with Gasteiger partial charge in [0.25, 0.3) is 5.91 Å². The largest absolute Gasteiger partial charge is 0.338 e. The predicted molar refractivity (Wildman–Crippen MR) is 66.9 cm³/mol. The first-order valence-electron chi connectivity index (χ1n) is 5.81. The number of nitrogens with two attached hydrogens (primary N) is 1. The number of piperidine rings is 1. The fraction of sp³-hybridized carbons (Fsp3) is 0.500. The number of carbonyl (C=O) groups excluding carboxylic acids is 1. The normalized spacial score (nSPS) is 20.4. The van der Waals surface area contributed by atoms with Crippen LogP contribution in [0.1, 0.15) is 23.2 Å². The van der Waals surface area contributed by atoms with Crippen molar-refractivity contribution in [2.75, 3.05) is 19.6 Å². The standard InChI is InChI=1S/C12H16ClN3O/c13-11-4-3-10(7-15-11)12(17)16-5-1-2-9(6-14)8-16/h3-4,7,9H,1-2,5-6,8,14H2/t9-/m0/s1. The Labute approximate surface area is 106 Å². The highest BCUT2D eigenvalue weighted by Gasteiger charge is 2.23. The minimum atomic E-state index is 0.0207. The molecule has 1 atom stereocenters. The highest BCUT2D eigenvalue weighted by atomic mass is 35.5. The molecule has 2 N–H and O–H groups in total. The van der Waals surface area contributed by atoms with Crippen LogP contribution in [0.15, 0.2) is 18.3 Å². The molecule has 1 aliphatic rings. The van der Waals surface area contributed by atoms with Crippen LogP contribution in [0.5, 0.6) is 0 Å². The molecule has 0 bridgehead atoms. The minimum absolute atomic E-state index is 0.0207. The summed E-state index contributed by atoms with van der Waals surface area (Å²) in [5, 5.41) is 0.403. The van der Waals surface area contributed by atoms with E-state index in [4.69, 9.17) is 17.3 Å². The maximum absolute atomic E-state index is 12.2. The van der Waals surface area contributed by atoms with E-state index in [1.54, 1.807) is 12.1 Å². The highest BCUT2D eigenvalue weighted by molar-refractivity contribution is 6.29. The van der Waals surface area contributed by atoms with Gasteiger partial charge in [-0.15, -0.1) is 0 Å². The van der Waals surface area contributed by atoms with Crippen LogP contribution in [0, 0.1) is 5.92 Å². The van der Waals surface area contributed by atoms with E-state index in [-0.39, 0.29) is 5.91 Å². The molecule has 2 rings (SSSR count). The van der Waals surface area contributed by atoms with Gasteiger partial charge in [0.15, 0.2) is 0 Å². The summed E-state index contributed by atoms with van der Waals surface area (Å²) in [6, 6.07) is 3.35. The number of carbonyl (C=O) groups is 1. The Bertz CT molecular complexity index is 393. The molecule has 5 heteroatoms. The van der Waals surface area contributed by atoms with E-state index < -0.39 is 0 Å². The number of aromatic nitrogens is 1. The Morgan fingerprint density at radius 3 is 3.06 bits per heavy atom. The fourth-order valence-corrected chi connectivity index (χ4v) is 2.24. The van der Waals surface area contributed by atoms with Crippen LogP contribution in [0.3, 0.4) is 0 Å². The molecule has 0 aromatic carbocycles. The molecule has 1 saturated heterocycles. The molecule has 17 heavy (non-hydrogen) atoms. The summed E-state index contributed by atoms with van der Waals surface area (Å²) in [6.07, 6.45) is 3.66. The molecule has 1 fully saturated rings. The van der Waals surface area contributed by atoms with Crippen LogP contribution in [0.4, 0.5) is 0 Å². The van der Waals surface area contributed by atoms with Gasteiger partial charge in [0.1, 0.15) is 5.15 Å². The third-order valence-electron chi connectivity index (χ3n) is 3.11. The van der Waals surface area contributed by atoms with Gasteiger partial charge in [-0.3, -0.25) is 4.79 Å². The number of nitrogens with zero attached hydrogens (tertiary/aromatic N) is 2. The lowest BCUT2D eigenvalue weighted by Gasteiger charge is -2.32. The molecule has 0 unspecified atom stereocenters. The summed E-state index contributed by atoms with van der Waals surface area (Å²) in [5.74, 6) is 0.445. The van der Waals surface area contributed by atoms with Crippen molar-refractivity contribution in [2.24, 2.45) is 11.7 Å². The van der Waals surface area contributed by atoms with E-state index in [9.17, 15) is 4.79 Å². The zero-order valence-corrected chi connectivity index (χ0v) is 10.4. The van der Waals surface area contributed by atoms with Crippen molar-refractivity contribution in [1.82, 2.24) is 9.88 Å². The fourth-order valence-electron chi connectivity index (χ4n) is 2.13. The maximum atomic E-state index is 12.2. The first-order valence-corrected chi connectivity index (χ1v) is 6.19. The first kappa shape index (κ1) is 12.3. The second-order valence-electron chi connectivity index (χ2n) is 4.36.